The van der Waals surface area contributed by atoms with Gasteiger partial charge in [-0.3, -0.25) is 9.52 Å². The molecule has 0 unspecified atom stereocenters. The summed E-state index contributed by atoms with van der Waals surface area (Å²) in [5, 5.41) is 3.64. The first-order valence-corrected chi connectivity index (χ1v) is 12.8. The fourth-order valence-corrected chi connectivity index (χ4v) is 5.93. The third-order valence-electron chi connectivity index (χ3n) is 5.12. The molecule has 4 rings (SSSR count). The van der Waals surface area contributed by atoms with E-state index in [2.05, 4.69) is 15.0 Å². The van der Waals surface area contributed by atoms with Gasteiger partial charge in [0.25, 0.3) is 15.9 Å². The van der Waals surface area contributed by atoms with Crippen molar-refractivity contribution in [2.45, 2.75) is 37.0 Å². The zero-order valence-electron chi connectivity index (χ0n) is 17.0. The van der Waals surface area contributed by atoms with Crippen molar-refractivity contribution < 1.29 is 17.6 Å². The highest BCUT2D eigenvalue weighted by molar-refractivity contribution is 7.92. The highest BCUT2D eigenvalue weighted by atomic mass is 35.5. The predicted octanol–water partition coefficient (Wildman–Crippen LogP) is 4.59. The highest BCUT2D eigenvalue weighted by Gasteiger charge is 2.17. The van der Waals surface area contributed by atoms with E-state index in [1.165, 1.54) is 47.7 Å². The van der Waals surface area contributed by atoms with E-state index in [1.54, 1.807) is 11.3 Å². The summed E-state index contributed by atoms with van der Waals surface area (Å²) in [6, 6.07) is 9.22. The van der Waals surface area contributed by atoms with E-state index < -0.39 is 15.8 Å². The lowest BCUT2D eigenvalue weighted by atomic mass is 10.0. The maximum Gasteiger partial charge on any atom is 0.261 e. The summed E-state index contributed by atoms with van der Waals surface area (Å²) in [5.41, 5.74) is 1.90. The van der Waals surface area contributed by atoms with Gasteiger partial charge >= 0.3 is 0 Å². The molecule has 6 nitrogen and oxygen atoms in total. The molecule has 0 bridgehead atoms. The number of halogens is 2. The summed E-state index contributed by atoms with van der Waals surface area (Å²) in [7, 11) is -3.94. The lowest BCUT2D eigenvalue weighted by molar-refractivity contribution is 0.0954. The minimum absolute atomic E-state index is 0.158. The lowest BCUT2D eigenvalue weighted by Crippen LogP contribution is -2.25. The molecule has 0 radical (unpaired) electrons. The van der Waals surface area contributed by atoms with Crippen molar-refractivity contribution in [1.29, 1.82) is 0 Å². The maximum atomic E-state index is 13.3. The van der Waals surface area contributed by atoms with Crippen LogP contribution in [-0.4, -0.2) is 25.9 Å². The van der Waals surface area contributed by atoms with Crippen molar-refractivity contribution in [2.24, 2.45) is 0 Å². The van der Waals surface area contributed by atoms with Crippen molar-refractivity contribution in [3.63, 3.8) is 0 Å². The van der Waals surface area contributed by atoms with Crippen LogP contribution in [0.15, 0.2) is 47.4 Å². The number of benzene rings is 2. The molecule has 0 saturated heterocycles. The molecule has 3 aromatic rings. The normalized spacial score (nSPS) is 13.4. The average Bonchev–Trinajstić information content (AvgIpc) is 3.18. The number of thiazole rings is 1. The number of sulfonamides is 1. The number of carbonyl (C=O) groups is 1. The van der Waals surface area contributed by atoms with Gasteiger partial charge in [0.15, 0.2) is 0 Å². The first kappa shape index (κ1) is 22.7. The standard InChI is InChI=1S/C22H21ClFN3O3S2/c23-17-13-16(9-10-18(17)24)32(29,30)27-15-7-5-14(6-8-15)22(28)25-12-11-21-26-19-3-1-2-4-20(19)31-21/h5-10,13,27H,1-4,11-12H2,(H,25,28). The summed E-state index contributed by atoms with van der Waals surface area (Å²) in [6.07, 6.45) is 5.24. The minimum atomic E-state index is -3.94. The van der Waals surface area contributed by atoms with E-state index in [-0.39, 0.29) is 21.5 Å². The van der Waals surface area contributed by atoms with Gasteiger partial charge < -0.3 is 5.32 Å². The molecule has 1 aliphatic carbocycles. The molecular formula is C22H21ClFN3O3S2. The molecular weight excluding hydrogens is 473 g/mol. The number of hydrogen-bond acceptors (Lipinski definition) is 5. The third-order valence-corrected chi connectivity index (χ3v) is 8.00. The van der Waals surface area contributed by atoms with Crippen molar-refractivity contribution in [2.75, 3.05) is 11.3 Å². The van der Waals surface area contributed by atoms with Crippen molar-refractivity contribution in [1.82, 2.24) is 10.3 Å². The smallest absolute Gasteiger partial charge is 0.261 e. The summed E-state index contributed by atoms with van der Waals surface area (Å²) < 4.78 is 40.6. The topological polar surface area (TPSA) is 88.2 Å². The minimum Gasteiger partial charge on any atom is -0.352 e. The second-order valence-electron chi connectivity index (χ2n) is 7.45. The van der Waals surface area contributed by atoms with Gasteiger partial charge in [-0.2, -0.15) is 0 Å². The number of rotatable bonds is 7. The zero-order chi connectivity index (χ0) is 22.7. The van der Waals surface area contributed by atoms with Crippen LogP contribution in [0, 0.1) is 5.82 Å². The van der Waals surface area contributed by atoms with Crippen LogP contribution in [0.1, 0.15) is 38.8 Å². The molecule has 10 heteroatoms. The van der Waals surface area contributed by atoms with Gasteiger partial charge in [0.1, 0.15) is 5.82 Å². The SMILES string of the molecule is O=C(NCCc1nc2c(s1)CCCC2)c1ccc(NS(=O)(=O)c2ccc(F)c(Cl)c2)cc1. The van der Waals surface area contributed by atoms with Crippen molar-refractivity contribution in [3.8, 4) is 0 Å². The number of anilines is 1. The predicted molar refractivity (Wildman–Crippen MR) is 123 cm³/mol. The molecule has 0 saturated carbocycles. The first-order chi connectivity index (χ1) is 15.3. The monoisotopic (exact) mass is 493 g/mol. The van der Waals surface area contributed by atoms with Gasteiger partial charge in [0.05, 0.1) is 20.6 Å². The molecule has 0 atom stereocenters. The fourth-order valence-electron chi connectivity index (χ4n) is 3.45. The lowest BCUT2D eigenvalue weighted by Gasteiger charge is -2.10. The number of nitrogens with zero attached hydrogens (tertiary/aromatic N) is 1. The Hall–Kier alpha value is -2.49. The Morgan fingerprint density at radius 1 is 1.12 bits per heavy atom. The molecule has 2 N–H and O–H groups in total. The molecule has 0 aliphatic heterocycles. The number of fused-ring (bicyclic) bond motifs is 1. The van der Waals surface area contributed by atoms with E-state index in [4.69, 9.17) is 11.6 Å². The van der Waals surface area contributed by atoms with Crippen molar-refractivity contribution >= 4 is 44.6 Å². The van der Waals surface area contributed by atoms with E-state index in [0.29, 0.717) is 18.5 Å². The third kappa shape index (κ3) is 5.28. The number of aryl methyl sites for hydroxylation is 2. The Kier molecular flexibility index (Phi) is 6.78. The molecule has 1 amide bonds. The van der Waals surface area contributed by atoms with E-state index >= 15 is 0 Å². The van der Waals surface area contributed by atoms with Crippen LogP contribution >= 0.6 is 22.9 Å². The molecule has 32 heavy (non-hydrogen) atoms. The quantitative estimate of drug-likeness (QED) is 0.504. The summed E-state index contributed by atoms with van der Waals surface area (Å²) in [6.45, 7) is 0.477. The van der Waals surface area contributed by atoms with Gasteiger partial charge in [0, 0.05) is 29.1 Å². The number of aromatic nitrogens is 1. The highest BCUT2D eigenvalue weighted by Crippen LogP contribution is 2.27. The molecule has 0 fully saturated rings. The van der Waals surface area contributed by atoms with Crippen LogP contribution in [-0.2, 0) is 29.3 Å². The molecule has 2 aromatic carbocycles. The van der Waals surface area contributed by atoms with Gasteiger partial charge in [-0.25, -0.2) is 17.8 Å². The number of amides is 1. The van der Waals surface area contributed by atoms with Crippen LogP contribution in [0.5, 0.6) is 0 Å². The van der Waals surface area contributed by atoms with Crippen LogP contribution in [0.3, 0.4) is 0 Å². The fraction of sp³-hybridized carbons (Fsp3) is 0.273. The number of carbonyl (C=O) groups excluding carboxylic acids is 1. The Balaban J connectivity index is 1.33. The summed E-state index contributed by atoms with van der Waals surface area (Å²) in [5.74, 6) is -0.943. The first-order valence-electron chi connectivity index (χ1n) is 10.2. The van der Waals surface area contributed by atoms with Gasteiger partial charge in [-0.05, 0) is 68.1 Å². The van der Waals surface area contributed by atoms with Gasteiger partial charge in [-0.15, -0.1) is 11.3 Å². The second kappa shape index (κ2) is 9.56. The summed E-state index contributed by atoms with van der Waals surface area (Å²) >= 11 is 7.40. The molecule has 1 aromatic heterocycles. The Morgan fingerprint density at radius 2 is 1.88 bits per heavy atom. The average molecular weight is 494 g/mol. The molecule has 0 spiro atoms. The Labute approximate surface area is 194 Å². The zero-order valence-corrected chi connectivity index (χ0v) is 19.4. The number of nitrogens with one attached hydrogen (secondary N) is 2. The largest absolute Gasteiger partial charge is 0.352 e. The molecule has 168 valence electrons. The summed E-state index contributed by atoms with van der Waals surface area (Å²) in [4.78, 5) is 18.3. The second-order valence-corrected chi connectivity index (χ2v) is 10.7. The Morgan fingerprint density at radius 3 is 2.59 bits per heavy atom. The van der Waals surface area contributed by atoms with Crippen molar-refractivity contribution in [3.05, 3.63) is 74.4 Å². The van der Waals surface area contributed by atoms with Crippen LogP contribution in [0.4, 0.5) is 10.1 Å². The maximum absolute atomic E-state index is 13.3. The van der Waals surface area contributed by atoms with Crippen LogP contribution in [0.2, 0.25) is 5.02 Å². The van der Waals surface area contributed by atoms with E-state index in [1.807, 2.05) is 0 Å². The molecule has 1 heterocycles. The van der Waals surface area contributed by atoms with E-state index in [9.17, 15) is 17.6 Å². The van der Waals surface area contributed by atoms with Gasteiger partial charge in [-0.1, -0.05) is 11.6 Å². The van der Waals surface area contributed by atoms with E-state index in [0.717, 1.165) is 36.0 Å². The van der Waals surface area contributed by atoms with Gasteiger partial charge in [0.2, 0.25) is 0 Å². The number of hydrogen-bond donors (Lipinski definition) is 2. The molecule has 1 aliphatic rings. The van der Waals surface area contributed by atoms with Crippen LogP contribution in [0.25, 0.3) is 0 Å². The Bertz CT molecular complexity index is 1220. The van der Waals surface area contributed by atoms with Crippen LogP contribution < -0.4 is 10.0 Å².